The third-order valence-electron chi connectivity index (χ3n) is 5.62. The number of rotatable bonds is 0. The average Bonchev–Trinajstić information content (AvgIpc) is 2.51. The van der Waals surface area contributed by atoms with Crippen LogP contribution in [0.1, 0.15) is 79.1 Å². The van der Waals surface area contributed by atoms with E-state index in [9.17, 15) is 9.59 Å². The van der Waals surface area contributed by atoms with Gasteiger partial charge in [-0.25, -0.2) is 0 Å². The molecule has 2 aliphatic heterocycles. The highest BCUT2D eigenvalue weighted by molar-refractivity contribution is 5.72. The van der Waals surface area contributed by atoms with E-state index in [-0.39, 0.29) is 17.5 Å². The van der Waals surface area contributed by atoms with Gasteiger partial charge in [0, 0.05) is 18.4 Å². The second-order valence-electron chi connectivity index (χ2n) is 8.38. The first-order chi connectivity index (χ1) is 11.6. The van der Waals surface area contributed by atoms with Crippen LogP contribution in [0.2, 0.25) is 0 Å². The predicted octanol–water partition coefficient (Wildman–Crippen LogP) is 3.96. The van der Waals surface area contributed by atoms with Gasteiger partial charge in [-0.15, -0.1) is 0 Å². The van der Waals surface area contributed by atoms with E-state index >= 15 is 0 Å². The van der Waals surface area contributed by atoms with Crippen molar-refractivity contribution in [3.05, 3.63) is 11.8 Å². The number of esters is 2. The van der Waals surface area contributed by atoms with Gasteiger partial charge in [-0.1, -0.05) is 25.7 Å². The molecule has 0 bridgehead atoms. The van der Waals surface area contributed by atoms with Gasteiger partial charge < -0.3 is 9.47 Å². The standard InChI is InChI=1S/C20H33NO4/c1-19(2)14-15-18(20(3,4)21(19)5)25-17(23)13-11-9-7-6-8-10-12-16(22)24-15/h14,18H,6-13H2,1-5H3. The maximum Gasteiger partial charge on any atom is 0.310 e. The van der Waals surface area contributed by atoms with Crippen LogP contribution >= 0.6 is 0 Å². The highest BCUT2D eigenvalue weighted by Crippen LogP contribution is 2.38. The van der Waals surface area contributed by atoms with Crippen LogP contribution in [0.15, 0.2) is 11.8 Å². The van der Waals surface area contributed by atoms with E-state index in [1.54, 1.807) is 0 Å². The molecule has 0 spiro atoms. The molecule has 1 saturated heterocycles. The molecule has 142 valence electrons. The Kier molecular flexibility index (Phi) is 6.30. The van der Waals surface area contributed by atoms with Crippen molar-refractivity contribution < 1.29 is 19.1 Å². The minimum atomic E-state index is -0.579. The van der Waals surface area contributed by atoms with Gasteiger partial charge in [-0.2, -0.15) is 0 Å². The zero-order valence-corrected chi connectivity index (χ0v) is 16.4. The predicted molar refractivity (Wildman–Crippen MR) is 96.9 cm³/mol. The summed E-state index contributed by atoms with van der Waals surface area (Å²) >= 11 is 0. The Balaban J connectivity index is 2.30. The van der Waals surface area contributed by atoms with Crippen LogP contribution in [-0.4, -0.2) is 41.1 Å². The Morgan fingerprint density at radius 1 is 0.920 bits per heavy atom. The topological polar surface area (TPSA) is 55.8 Å². The van der Waals surface area contributed by atoms with Gasteiger partial charge >= 0.3 is 11.9 Å². The zero-order chi connectivity index (χ0) is 18.7. The lowest BCUT2D eigenvalue weighted by Crippen LogP contribution is -2.63. The minimum absolute atomic E-state index is 0.217. The Bertz CT molecular complexity index is 536. The van der Waals surface area contributed by atoms with E-state index < -0.39 is 11.6 Å². The highest BCUT2D eigenvalue weighted by Gasteiger charge is 2.49. The first-order valence-electron chi connectivity index (χ1n) is 9.51. The first-order valence-corrected chi connectivity index (χ1v) is 9.51. The zero-order valence-electron chi connectivity index (χ0n) is 16.4. The Morgan fingerprint density at radius 2 is 1.44 bits per heavy atom. The molecule has 0 aromatic carbocycles. The Labute approximate surface area is 151 Å². The fourth-order valence-electron chi connectivity index (χ4n) is 3.69. The third-order valence-corrected chi connectivity index (χ3v) is 5.62. The van der Waals surface area contributed by atoms with Gasteiger partial charge in [-0.05, 0) is 53.7 Å². The van der Waals surface area contributed by atoms with Crippen molar-refractivity contribution in [3.8, 4) is 0 Å². The molecular formula is C20H33NO4. The summed E-state index contributed by atoms with van der Waals surface area (Å²) in [5.41, 5.74) is -0.770. The Morgan fingerprint density at radius 3 is 2.04 bits per heavy atom. The average molecular weight is 351 g/mol. The molecule has 2 heterocycles. The fraction of sp³-hybridized carbons (Fsp3) is 0.800. The fourth-order valence-corrected chi connectivity index (χ4v) is 3.69. The monoisotopic (exact) mass is 351 g/mol. The van der Waals surface area contributed by atoms with Crippen LogP contribution < -0.4 is 0 Å². The second-order valence-corrected chi connectivity index (χ2v) is 8.38. The molecule has 1 atom stereocenters. The number of carbonyl (C=O) groups excluding carboxylic acids is 2. The van der Waals surface area contributed by atoms with Gasteiger partial charge in [0.1, 0.15) is 5.76 Å². The molecule has 25 heavy (non-hydrogen) atoms. The van der Waals surface area contributed by atoms with Gasteiger partial charge in [0.05, 0.1) is 5.54 Å². The van der Waals surface area contributed by atoms with Gasteiger partial charge in [-0.3, -0.25) is 14.5 Å². The quantitative estimate of drug-likeness (QED) is 0.618. The van der Waals surface area contributed by atoms with Crippen LogP contribution in [0.5, 0.6) is 0 Å². The van der Waals surface area contributed by atoms with Crippen LogP contribution in [0, 0.1) is 0 Å². The Hall–Kier alpha value is -1.36. The molecule has 0 aromatic heterocycles. The molecule has 0 radical (unpaired) electrons. The lowest BCUT2D eigenvalue weighted by Gasteiger charge is -2.52. The third kappa shape index (κ3) is 4.84. The molecule has 0 aliphatic carbocycles. The number of ether oxygens (including phenoxy) is 2. The van der Waals surface area contributed by atoms with Crippen LogP contribution in [0.3, 0.4) is 0 Å². The highest BCUT2D eigenvalue weighted by atomic mass is 16.6. The van der Waals surface area contributed by atoms with Crippen molar-refractivity contribution in [1.29, 1.82) is 0 Å². The normalized spacial score (nSPS) is 28.8. The SMILES string of the molecule is CN1C(C)(C)C=C2OC(=O)CCCCCCCCC(=O)OC2C1(C)C. The summed E-state index contributed by atoms with van der Waals surface area (Å²) in [6, 6.07) is 0. The summed E-state index contributed by atoms with van der Waals surface area (Å²) in [5, 5.41) is 0. The van der Waals surface area contributed by atoms with Gasteiger partial charge in [0.25, 0.3) is 0 Å². The van der Waals surface area contributed by atoms with Crippen molar-refractivity contribution in [2.75, 3.05) is 7.05 Å². The number of hydrogen-bond acceptors (Lipinski definition) is 5. The number of carbonyl (C=O) groups is 2. The maximum absolute atomic E-state index is 12.3. The van der Waals surface area contributed by atoms with E-state index in [4.69, 9.17) is 9.47 Å². The summed E-state index contributed by atoms with van der Waals surface area (Å²) in [5.74, 6) is 0.0224. The summed E-state index contributed by atoms with van der Waals surface area (Å²) < 4.78 is 11.5. The molecule has 0 saturated carbocycles. The molecule has 5 heteroatoms. The van der Waals surface area contributed by atoms with Crippen LogP contribution in [0.25, 0.3) is 0 Å². The first kappa shape index (κ1) is 20.0. The van der Waals surface area contributed by atoms with E-state index in [0.29, 0.717) is 18.6 Å². The van der Waals surface area contributed by atoms with E-state index in [2.05, 4.69) is 18.7 Å². The lowest BCUT2D eigenvalue weighted by molar-refractivity contribution is -0.165. The van der Waals surface area contributed by atoms with E-state index in [1.807, 2.05) is 27.0 Å². The molecule has 0 amide bonds. The van der Waals surface area contributed by atoms with E-state index in [0.717, 1.165) is 38.5 Å². The van der Waals surface area contributed by atoms with Crippen molar-refractivity contribution in [3.63, 3.8) is 0 Å². The molecule has 0 aromatic rings. The molecule has 1 fully saturated rings. The number of nitrogens with zero attached hydrogens (tertiary/aromatic N) is 1. The van der Waals surface area contributed by atoms with Gasteiger partial charge in [0.2, 0.25) is 0 Å². The minimum Gasteiger partial charge on any atom is -0.452 e. The smallest absolute Gasteiger partial charge is 0.310 e. The summed E-state index contributed by atoms with van der Waals surface area (Å²) in [4.78, 5) is 26.8. The van der Waals surface area contributed by atoms with Crippen LogP contribution in [-0.2, 0) is 19.1 Å². The number of likely N-dealkylation sites (N-methyl/N-ethyl adjacent to an activating group) is 1. The molecule has 1 unspecified atom stereocenters. The second kappa shape index (κ2) is 7.90. The number of hydrogen-bond donors (Lipinski definition) is 0. The van der Waals surface area contributed by atoms with Crippen molar-refractivity contribution >= 4 is 11.9 Å². The molecule has 0 N–H and O–H groups in total. The van der Waals surface area contributed by atoms with E-state index in [1.165, 1.54) is 0 Å². The lowest BCUT2D eigenvalue weighted by atomic mass is 9.82. The molecular weight excluding hydrogens is 318 g/mol. The van der Waals surface area contributed by atoms with Crippen molar-refractivity contribution in [2.24, 2.45) is 0 Å². The van der Waals surface area contributed by atoms with Gasteiger partial charge in [0.15, 0.2) is 6.10 Å². The largest absolute Gasteiger partial charge is 0.452 e. The molecule has 5 nitrogen and oxygen atoms in total. The summed E-state index contributed by atoms with van der Waals surface area (Å²) in [7, 11) is 2.01. The molecule has 2 rings (SSSR count). The van der Waals surface area contributed by atoms with Crippen LogP contribution in [0.4, 0.5) is 0 Å². The summed E-state index contributed by atoms with van der Waals surface area (Å²) in [6.45, 7) is 8.19. The molecule has 2 aliphatic rings. The van der Waals surface area contributed by atoms with Crippen molar-refractivity contribution in [1.82, 2.24) is 4.90 Å². The summed E-state index contributed by atoms with van der Waals surface area (Å²) in [6.07, 6.45) is 8.12. The van der Waals surface area contributed by atoms with Crippen molar-refractivity contribution in [2.45, 2.75) is 96.2 Å². The maximum atomic E-state index is 12.3. The number of fused-ring (bicyclic) bond motifs is 1.